The molecule has 2 aromatic carbocycles. The number of methoxy groups -OCH3 is 1. The molecule has 1 atom stereocenters. The van der Waals surface area contributed by atoms with Crippen LogP contribution in [0.3, 0.4) is 0 Å². The van der Waals surface area contributed by atoms with Crippen molar-refractivity contribution in [3.05, 3.63) is 71.3 Å². The lowest BCUT2D eigenvalue weighted by Gasteiger charge is -2.20. The topological polar surface area (TPSA) is 92.5 Å². The zero-order chi connectivity index (χ0) is 23.2. The van der Waals surface area contributed by atoms with Gasteiger partial charge in [-0.1, -0.05) is 36.4 Å². The molecule has 8 nitrogen and oxygen atoms in total. The number of aromatic nitrogens is 3. The third-order valence-corrected chi connectivity index (χ3v) is 6.05. The molecule has 174 valence electrons. The van der Waals surface area contributed by atoms with Crippen LogP contribution in [0.4, 0.5) is 0 Å². The SMILES string of the molecule is COc1cc(CN2CCc3nnc([C@@H](C)NC(=O)CCc4ccccc4)n3CC2)ccc1O. The molecule has 0 aliphatic carbocycles. The molecule has 1 aliphatic rings. The number of benzene rings is 2. The molecule has 0 radical (unpaired) electrons. The highest BCUT2D eigenvalue weighted by Crippen LogP contribution is 2.27. The number of hydrogen-bond acceptors (Lipinski definition) is 6. The highest BCUT2D eigenvalue weighted by molar-refractivity contribution is 5.76. The largest absolute Gasteiger partial charge is 0.504 e. The number of aryl methyl sites for hydroxylation is 1. The fraction of sp³-hybridized carbons (Fsp3) is 0.400. The van der Waals surface area contributed by atoms with Crippen molar-refractivity contribution < 1.29 is 14.6 Å². The van der Waals surface area contributed by atoms with Crippen molar-refractivity contribution >= 4 is 5.91 Å². The Kier molecular flexibility index (Phi) is 7.24. The Morgan fingerprint density at radius 1 is 1.12 bits per heavy atom. The first-order chi connectivity index (χ1) is 16.0. The van der Waals surface area contributed by atoms with Gasteiger partial charge in [-0.05, 0) is 36.6 Å². The van der Waals surface area contributed by atoms with E-state index in [1.165, 1.54) is 0 Å². The van der Waals surface area contributed by atoms with E-state index in [-0.39, 0.29) is 17.7 Å². The van der Waals surface area contributed by atoms with Gasteiger partial charge in [-0.25, -0.2) is 0 Å². The summed E-state index contributed by atoms with van der Waals surface area (Å²) in [5.41, 5.74) is 2.24. The Balaban J connectivity index is 1.34. The number of aromatic hydroxyl groups is 1. The van der Waals surface area contributed by atoms with Gasteiger partial charge in [0.05, 0.1) is 13.2 Å². The van der Waals surface area contributed by atoms with Crippen molar-refractivity contribution in [2.45, 2.75) is 45.3 Å². The van der Waals surface area contributed by atoms with E-state index in [0.29, 0.717) is 18.6 Å². The summed E-state index contributed by atoms with van der Waals surface area (Å²) in [7, 11) is 1.56. The Hall–Kier alpha value is -3.39. The summed E-state index contributed by atoms with van der Waals surface area (Å²) >= 11 is 0. The molecule has 0 fully saturated rings. The van der Waals surface area contributed by atoms with Gasteiger partial charge in [-0.15, -0.1) is 10.2 Å². The minimum absolute atomic E-state index is 0.0141. The molecule has 3 aromatic rings. The number of ether oxygens (including phenoxy) is 1. The fourth-order valence-electron chi connectivity index (χ4n) is 4.23. The van der Waals surface area contributed by atoms with Crippen molar-refractivity contribution in [1.29, 1.82) is 0 Å². The van der Waals surface area contributed by atoms with Crippen molar-refractivity contribution in [2.75, 3.05) is 20.2 Å². The van der Waals surface area contributed by atoms with Crippen LogP contribution in [0.15, 0.2) is 48.5 Å². The molecular weight excluding hydrogens is 418 g/mol. The molecule has 0 saturated carbocycles. The van der Waals surface area contributed by atoms with Gasteiger partial charge in [0.2, 0.25) is 5.91 Å². The Bertz CT molecular complexity index is 1080. The number of phenolic OH excluding ortho intramolecular Hbond substituents is 1. The van der Waals surface area contributed by atoms with Gasteiger partial charge in [0, 0.05) is 39.0 Å². The standard InChI is InChI=1S/C25H31N5O3/c1-18(26-24(32)11-9-19-6-4-3-5-7-19)25-28-27-23-12-13-29(14-15-30(23)25)17-20-8-10-21(31)22(16-20)33-2/h3-8,10,16,18,31H,9,11-15,17H2,1-2H3,(H,26,32)/t18-/m1/s1. The van der Waals surface area contributed by atoms with Crippen LogP contribution in [0.25, 0.3) is 0 Å². The first-order valence-corrected chi connectivity index (χ1v) is 11.4. The second kappa shape index (κ2) is 10.5. The monoisotopic (exact) mass is 449 g/mol. The predicted molar refractivity (Wildman–Crippen MR) is 125 cm³/mol. The number of nitrogens with zero attached hydrogens (tertiary/aromatic N) is 4. The van der Waals surface area contributed by atoms with E-state index < -0.39 is 0 Å². The van der Waals surface area contributed by atoms with Crippen molar-refractivity contribution in [2.24, 2.45) is 0 Å². The van der Waals surface area contributed by atoms with Crippen molar-refractivity contribution in [3.8, 4) is 11.5 Å². The minimum atomic E-state index is -0.206. The number of carbonyl (C=O) groups excluding carboxylic acids is 1. The Morgan fingerprint density at radius 3 is 2.73 bits per heavy atom. The second-order valence-corrected chi connectivity index (χ2v) is 8.43. The number of rotatable bonds is 8. The van der Waals surface area contributed by atoms with Gasteiger partial charge in [-0.2, -0.15) is 0 Å². The minimum Gasteiger partial charge on any atom is -0.504 e. The fourth-order valence-corrected chi connectivity index (χ4v) is 4.23. The Morgan fingerprint density at radius 2 is 1.94 bits per heavy atom. The molecule has 0 saturated heterocycles. The molecule has 0 unspecified atom stereocenters. The van der Waals surface area contributed by atoms with Crippen LogP contribution >= 0.6 is 0 Å². The normalized spacial score (nSPS) is 14.8. The van der Waals surface area contributed by atoms with E-state index in [1.54, 1.807) is 13.2 Å². The third kappa shape index (κ3) is 5.70. The van der Waals surface area contributed by atoms with E-state index in [2.05, 4.69) is 25.0 Å². The Labute approximate surface area is 194 Å². The smallest absolute Gasteiger partial charge is 0.220 e. The average Bonchev–Trinajstić information content (AvgIpc) is 3.14. The lowest BCUT2D eigenvalue weighted by atomic mass is 10.1. The van der Waals surface area contributed by atoms with Gasteiger partial charge in [0.25, 0.3) is 0 Å². The number of phenols is 1. The molecule has 1 aliphatic heterocycles. The molecule has 8 heteroatoms. The first kappa shape index (κ1) is 22.8. The quantitative estimate of drug-likeness (QED) is 0.549. The summed E-state index contributed by atoms with van der Waals surface area (Å²) in [6, 6.07) is 15.3. The molecule has 1 amide bonds. The highest BCUT2D eigenvalue weighted by atomic mass is 16.5. The lowest BCUT2D eigenvalue weighted by molar-refractivity contribution is -0.121. The van der Waals surface area contributed by atoms with Crippen molar-refractivity contribution in [1.82, 2.24) is 25.0 Å². The van der Waals surface area contributed by atoms with Crippen LogP contribution in [-0.4, -0.2) is 50.9 Å². The zero-order valence-electron chi connectivity index (χ0n) is 19.2. The van der Waals surface area contributed by atoms with E-state index in [9.17, 15) is 9.90 Å². The van der Waals surface area contributed by atoms with Crippen molar-refractivity contribution in [3.63, 3.8) is 0 Å². The number of fused-ring (bicyclic) bond motifs is 1. The summed E-state index contributed by atoms with van der Waals surface area (Å²) in [5.74, 6) is 2.39. The van der Waals surface area contributed by atoms with Crippen LogP contribution < -0.4 is 10.1 Å². The lowest BCUT2D eigenvalue weighted by Crippen LogP contribution is -2.30. The van der Waals surface area contributed by atoms with E-state index in [4.69, 9.17) is 4.74 Å². The summed E-state index contributed by atoms with van der Waals surface area (Å²) in [6.45, 7) is 5.19. The number of carbonyl (C=O) groups is 1. The number of hydrogen-bond donors (Lipinski definition) is 2. The van der Waals surface area contributed by atoms with Gasteiger partial charge >= 0.3 is 0 Å². The summed E-state index contributed by atoms with van der Waals surface area (Å²) in [4.78, 5) is 14.8. The van der Waals surface area contributed by atoms with Gasteiger partial charge in [-0.3, -0.25) is 9.69 Å². The van der Waals surface area contributed by atoms with Gasteiger partial charge in [0.15, 0.2) is 17.3 Å². The molecular formula is C25H31N5O3. The molecule has 2 N–H and O–H groups in total. The van der Waals surface area contributed by atoms with Gasteiger partial charge < -0.3 is 19.7 Å². The molecule has 33 heavy (non-hydrogen) atoms. The number of amides is 1. The van der Waals surface area contributed by atoms with Crippen LogP contribution in [0.5, 0.6) is 11.5 Å². The first-order valence-electron chi connectivity index (χ1n) is 11.4. The van der Waals surface area contributed by atoms with E-state index in [1.807, 2.05) is 49.4 Å². The predicted octanol–water partition coefficient (Wildman–Crippen LogP) is 2.86. The van der Waals surface area contributed by atoms with E-state index in [0.717, 1.165) is 55.4 Å². The summed E-state index contributed by atoms with van der Waals surface area (Å²) in [6.07, 6.45) is 1.95. The molecule has 4 rings (SSSR count). The zero-order valence-corrected chi connectivity index (χ0v) is 19.2. The van der Waals surface area contributed by atoms with Crippen LogP contribution in [0.1, 0.15) is 42.2 Å². The van der Waals surface area contributed by atoms with Crippen LogP contribution in [-0.2, 0) is 30.7 Å². The maximum atomic E-state index is 12.5. The van der Waals surface area contributed by atoms with Gasteiger partial charge in [0.1, 0.15) is 5.82 Å². The summed E-state index contributed by atoms with van der Waals surface area (Å²) < 4.78 is 7.37. The second-order valence-electron chi connectivity index (χ2n) is 8.43. The number of nitrogens with one attached hydrogen (secondary N) is 1. The van der Waals surface area contributed by atoms with E-state index >= 15 is 0 Å². The molecule has 1 aromatic heterocycles. The third-order valence-electron chi connectivity index (χ3n) is 6.05. The highest BCUT2D eigenvalue weighted by Gasteiger charge is 2.23. The molecule has 0 bridgehead atoms. The summed E-state index contributed by atoms with van der Waals surface area (Å²) in [5, 5.41) is 21.7. The average molecular weight is 450 g/mol. The molecule has 2 heterocycles. The van der Waals surface area contributed by atoms with Crippen LogP contribution in [0, 0.1) is 0 Å². The molecule has 0 spiro atoms. The van der Waals surface area contributed by atoms with Crippen LogP contribution in [0.2, 0.25) is 0 Å². The maximum absolute atomic E-state index is 12.5. The maximum Gasteiger partial charge on any atom is 0.220 e.